The van der Waals surface area contributed by atoms with E-state index in [0.717, 1.165) is 116 Å². The summed E-state index contributed by atoms with van der Waals surface area (Å²) in [4.78, 5) is 41.4. The van der Waals surface area contributed by atoms with Crippen LogP contribution >= 0.6 is 0 Å². The van der Waals surface area contributed by atoms with Crippen molar-refractivity contribution in [2.45, 2.75) is 174 Å². The number of unbranched alkanes of at least 4 members (excludes halogenated alkanes) is 16. The Bertz CT molecular complexity index is 831. The van der Waals surface area contributed by atoms with E-state index in [1.807, 2.05) is 12.2 Å². The molecule has 0 atom stereocenters. The minimum absolute atomic E-state index is 0.0423. The van der Waals surface area contributed by atoms with Crippen LogP contribution in [0.3, 0.4) is 0 Å². The van der Waals surface area contributed by atoms with Crippen molar-refractivity contribution in [3.63, 3.8) is 0 Å². The molecule has 0 N–H and O–H groups in total. The van der Waals surface area contributed by atoms with Gasteiger partial charge in [0.1, 0.15) is 19.3 Å². The fraction of sp³-hybridized carbons (Fsp3) is 0.833. The lowest BCUT2D eigenvalue weighted by molar-refractivity contribution is -0.151. The number of ether oxygens (including phenoxy) is 3. The van der Waals surface area contributed by atoms with Crippen LogP contribution in [0.15, 0.2) is 24.3 Å². The third-order valence-corrected chi connectivity index (χ3v) is 9.52. The molecule has 1 rings (SSSR count). The Hall–Kier alpha value is -2.19. The van der Waals surface area contributed by atoms with Gasteiger partial charge in [-0.2, -0.15) is 0 Å². The molecule has 0 unspecified atom stereocenters. The second-order valence-electron chi connectivity index (χ2n) is 14.3. The molecule has 290 valence electrons. The molecule has 1 heterocycles. The first-order valence-electron chi connectivity index (χ1n) is 20.7. The lowest BCUT2D eigenvalue weighted by Gasteiger charge is -2.32. The summed E-state index contributed by atoms with van der Waals surface area (Å²) in [7, 11) is 2.12. The molecule has 8 heteroatoms. The molecule has 0 spiro atoms. The topological polar surface area (TPSA) is 85.4 Å². The van der Waals surface area contributed by atoms with Crippen LogP contribution < -0.4 is 0 Å². The van der Waals surface area contributed by atoms with Crippen LogP contribution in [0.25, 0.3) is 0 Å². The third-order valence-electron chi connectivity index (χ3n) is 9.52. The van der Waals surface area contributed by atoms with E-state index in [1.165, 1.54) is 51.4 Å². The van der Waals surface area contributed by atoms with Crippen LogP contribution in [0, 0.1) is 0 Å². The number of allylic oxidation sites excluding steroid dienone is 2. The van der Waals surface area contributed by atoms with Gasteiger partial charge in [0.2, 0.25) is 0 Å². The zero-order chi connectivity index (χ0) is 36.3. The summed E-state index contributed by atoms with van der Waals surface area (Å²) < 4.78 is 16.7. The summed E-state index contributed by atoms with van der Waals surface area (Å²) >= 11 is 0. The summed E-state index contributed by atoms with van der Waals surface area (Å²) in [6.45, 7) is 9.35. The SMILES string of the molecule is CCCCCC/C=C\COC(=O)CCCCCCCC(CCCCCCCC(=O)OC/C=C\CCCCCC)OC(=O)CN1CCN(C)CC1. The first kappa shape index (κ1) is 45.8. The van der Waals surface area contributed by atoms with Crippen molar-refractivity contribution >= 4 is 17.9 Å². The third kappa shape index (κ3) is 29.5. The number of likely N-dealkylation sites (N-methyl/N-ethyl adjacent to an activating group) is 1. The average molecular weight is 705 g/mol. The molecular formula is C42H76N2O6. The highest BCUT2D eigenvalue weighted by atomic mass is 16.5. The van der Waals surface area contributed by atoms with Gasteiger partial charge in [0, 0.05) is 39.0 Å². The number of nitrogens with zero attached hydrogens (tertiary/aromatic N) is 2. The Morgan fingerprint density at radius 3 is 1.46 bits per heavy atom. The smallest absolute Gasteiger partial charge is 0.320 e. The molecule has 8 nitrogen and oxygen atoms in total. The number of hydrogen-bond acceptors (Lipinski definition) is 8. The summed E-state index contributed by atoms with van der Waals surface area (Å²) in [5.41, 5.74) is 0. The Morgan fingerprint density at radius 1 is 0.540 bits per heavy atom. The molecule has 0 aromatic carbocycles. The maximum absolute atomic E-state index is 12.8. The first-order chi connectivity index (χ1) is 24.4. The number of esters is 3. The highest BCUT2D eigenvalue weighted by molar-refractivity contribution is 5.72. The number of carbonyl (C=O) groups is 3. The lowest BCUT2D eigenvalue weighted by atomic mass is 10.0. The number of piperazine rings is 1. The Morgan fingerprint density at radius 2 is 0.980 bits per heavy atom. The molecule has 1 saturated heterocycles. The number of carbonyl (C=O) groups excluding carboxylic acids is 3. The van der Waals surface area contributed by atoms with Gasteiger partial charge in [0.25, 0.3) is 0 Å². The van der Waals surface area contributed by atoms with Crippen LogP contribution in [-0.4, -0.2) is 86.8 Å². The largest absolute Gasteiger partial charge is 0.461 e. The lowest BCUT2D eigenvalue weighted by Crippen LogP contribution is -2.46. The quantitative estimate of drug-likeness (QED) is 0.0289. The predicted molar refractivity (Wildman–Crippen MR) is 206 cm³/mol. The number of rotatable bonds is 33. The Labute approximate surface area is 307 Å². The second kappa shape index (κ2) is 33.9. The van der Waals surface area contributed by atoms with Crippen LogP contribution in [0.2, 0.25) is 0 Å². The van der Waals surface area contributed by atoms with E-state index in [0.29, 0.717) is 32.6 Å². The van der Waals surface area contributed by atoms with Gasteiger partial charge in [0.15, 0.2) is 0 Å². The summed E-state index contributed by atoms with van der Waals surface area (Å²) in [6, 6.07) is 0. The predicted octanol–water partition coefficient (Wildman–Crippen LogP) is 9.75. The molecular weight excluding hydrogens is 628 g/mol. The van der Waals surface area contributed by atoms with E-state index in [9.17, 15) is 14.4 Å². The summed E-state index contributed by atoms with van der Waals surface area (Å²) in [5.74, 6) is -0.317. The van der Waals surface area contributed by atoms with Crippen molar-refractivity contribution in [1.82, 2.24) is 9.80 Å². The number of hydrogen-bond donors (Lipinski definition) is 0. The maximum Gasteiger partial charge on any atom is 0.320 e. The van der Waals surface area contributed by atoms with Gasteiger partial charge in [-0.25, -0.2) is 0 Å². The van der Waals surface area contributed by atoms with Crippen molar-refractivity contribution in [3.8, 4) is 0 Å². The van der Waals surface area contributed by atoms with Crippen molar-refractivity contribution in [2.75, 3.05) is 53.0 Å². The van der Waals surface area contributed by atoms with E-state index in [-0.39, 0.29) is 24.0 Å². The molecule has 0 aliphatic carbocycles. The second-order valence-corrected chi connectivity index (χ2v) is 14.3. The van der Waals surface area contributed by atoms with Gasteiger partial charge in [0.05, 0.1) is 6.54 Å². The van der Waals surface area contributed by atoms with E-state index in [2.05, 4.69) is 42.8 Å². The minimum atomic E-state index is -0.107. The first-order valence-corrected chi connectivity index (χ1v) is 20.7. The van der Waals surface area contributed by atoms with Gasteiger partial charge in [-0.3, -0.25) is 19.3 Å². The molecule has 0 amide bonds. The van der Waals surface area contributed by atoms with Crippen molar-refractivity contribution in [1.29, 1.82) is 0 Å². The molecule has 1 fully saturated rings. The van der Waals surface area contributed by atoms with Crippen LogP contribution in [0.4, 0.5) is 0 Å². The molecule has 1 aliphatic rings. The van der Waals surface area contributed by atoms with Gasteiger partial charge >= 0.3 is 17.9 Å². The Kier molecular flexibility index (Phi) is 31.1. The van der Waals surface area contributed by atoms with E-state index in [1.54, 1.807) is 0 Å². The molecule has 0 saturated carbocycles. The molecule has 0 aromatic heterocycles. The monoisotopic (exact) mass is 705 g/mol. The normalized spacial score (nSPS) is 14.2. The zero-order valence-electron chi connectivity index (χ0n) is 32.7. The van der Waals surface area contributed by atoms with Gasteiger partial charge < -0.3 is 19.1 Å². The fourth-order valence-electron chi connectivity index (χ4n) is 6.19. The molecule has 0 radical (unpaired) electrons. The highest BCUT2D eigenvalue weighted by Crippen LogP contribution is 2.18. The molecule has 0 bridgehead atoms. The van der Waals surface area contributed by atoms with Crippen LogP contribution in [0.1, 0.15) is 168 Å². The van der Waals surface area contributed by atoms with E-state index >= 15 is 0 Å². The van der Waals surface area contributed by atoms with Gasteiger partial charge in [-0.15, -0.1) is 0 Å². The minimum Gasteiger partial charge on any atom is -0.461 e. The Balaban J connectivity index is 2.22. The fourth-order valence-corrected chi connectivity index (χ4v) is 6.19. The van der Waals surface area contributed by atoms with Crippen LogP contribution in [0.5, 0.6) is 0 Å². The average Bonchev–Trinajstić information content (AvgIpc) is 3.10. The molecule has 1 aliphatic heterocycles. The van der Waals surface area contributed by atoms with Gasteiger partial charge in [-0.1, -0.05) is 115 Å². The maximum atomic E-state index is 12.8. The van der Waals surface area contributed by atoms with Crippen molar-refractivity contribution in [3.05, 3.63) is 24.3 Å². The van der Waals surface area contributed by atoms with E-state index in [4.69, 9.17) is 14.2 Å². The molecule has 0 aromatic rings. The van der Waals surface area contributed by atoms with Gasteiger partial charge in [-0.05, 0) is 71.3 Å². The summed E-state index contributed by atoms with van der Waals surface area (Å²) in [5, 5.41) is 0. The zero-order valence-corrected chi connectivity index (χ0v) is 32.7. The highest BCUT2D eigenvalue weighted by Gasteiger charge is 2.20. The van der Waals surface area contributed by atoms with E-state index < -0.39 is 0 Å². The van der Waals surface area contributed by atoms with Crippen molar-refractivity contribution in [2.24, 2.45) is 0 Å². The molecule has 50 heavy (non-hydrogen) atoms. The summed E-state index contributed by atoms with van der Waals surface area (Å²) in [6.07, 6.45) is 33.1. The van der Waals surface area contributed by atoms with Crippen LogP contribution in [-0.2, 0) is 28.6 Å². The standard InChI is InChI=1S/C42H76N2O6/c1-4-6-8-10-12-20-26-36-48-40(45)30-24-18-14-16-22-28-39(50-42(47)38-44-34-32-43(3)33-35-44)29-23-17-15-19-25-31-41(46)49-37-27-21-13-11-9-7-5-2/h20-21,26-27,39H,4-19,22-25,28-38H2,1-3H3/b26-20-,27-21-. The van der Waals surface area contributed by atoms with Crippen molar-refractivity contribution < 1.29 is 28.6 Å².